The van der Waals surface area contributed by atoms with E-state index in [-0.39, 0.29) is 5.69 Å². The monoisotopic (exact) mass is 234 g/mol. The number of carboxylic acids is 1. The molecule has 0 aliphatic carbocycles. The molecule has 1 heterocycles. The van der Waals surface area contributed by atoms with Gasteiger partial charge in [0, 0.05) is 12.4 Å². The van der Waals surface area contributed by atoms with E-state index in [1.165, 1.54) is 24.9 Å². The molecule has 0 amide bonds. The highest BCUT2D eigenvalue weighted by Gasteiger charge is 2.14. The van der Waals surface area contributed by atoms with E-state index in [9.17, 15) is 9.90 Å². The highest BCUT2D eigenvalue weighted by Crippen LogP contribution is 2.34. The van der Waals surface area contributed by atoms with Gasteiger partial charge in [0.15, 0.2) is 0 Å². The third-order valence-corrected chi connectivity index (χ3v) is 2.77. The molecule has 0 saturated carbocycles. The van der Waals surface area contributed by atoms with E-state index in [4.69, 9.17) is 9.47 Å². The third kappa shape index (κ3) is 1.60. The standard InChI is InChI=1S/C12H13NO4/c1-13-8(12(14)15)6-7-9(16-2)4-5-10(17-3)11(7)13/h4-6H,1-3H3,(H,14,15)/p-1. The summed E-state index contributed by atoms with van der Waals surface area (Å²) in [7, 11) is 4.72. The molecule has 2 aromatic rings. The number of benzene rings is 1. The summed E-state index contributed by atoms with van der Waals surface area (Å²) in [5.74, 6) is -0.0347. The summed E-state index contributed by atoms with van der Waals surface area (Å²) in [5, 5.41) is 11.7. The van der Waals surface area contributed by atoms with Crippen LogP contribution in [0.3, 0.4) is 0 Å². The van der Waals surface area contributed by atoms with E-state index in [1.54, 1.807) is 19.2 Å². The van der Waals surface area contributed by atoms with Gasteiger partial charge in [0.05, 0.1) is 31.4 Å². The van der Waals surface area contributed by atoms with E-state index < -0.39 is 5.97 Å². The molecule has 0 fully saturated rings. The lowest BCUT2D eigenvalue weighted by molar-refractivity contribution is -0.255. The van der Waals surface area contributed by atoms with Crippen LogP contribution in [-0.4, -0.2) is 24.8 Å². The van der Waals surface area contributed by atoms with Crippen molar-refractivity contribution in [2.75, 3.05) is 14.2 Å². The van der Waals surface area contributed by atoms with E-state index in [0.29, 0.717) is 22.4 Å². The van der Waals surface area contributed by atoms with E-state index in [0.717, 1.165) is 0 Å². The van der Waals surface area contributed by atoms with Gasteiger partial charge in [-0.2, -0.15) is 0 Å². The maximum absolute atomic E-state index is 11.0. The number of aromatic nitrogens is 1. The minimum Gasteiger partial charge on any atom is -0.543 e. The molecular formula is C12H12NO4-. The lowest BCUT2D eigenvalue weighted by atomic mass is 10.2. The quantitative estimate of drug-likeness (QED) is 0.778. The minimum absolute atomic E-state index is 0.0859. The van der Waals surface area contributed by atoms with Gasteiger partial charge in [-0.05, 0) is 18.2 Å². The van der Waals surface area contributed by atoms with Crippen LogP contribution >= 0.6 is 0 Å². The first-order valence-corrected chi connectivity index (χ1v) is 5.02. The number of nitrogens with zero attached hydrogens (tertiary/aromatic N) is 1. The first kappa shape index (κ1) is 11.3. The van der Waals surface area contributed by atoms with Crippen LogP contribution in [0, 0.1) is 0 Å². The SMILES string of the molecule is COc1ccc(OC)c2c1cc(C(=O)[O-])n2C. The Morgan fingerprint density at radius 2 is 1.82 bits per heavy atom. The number of carboxylic acid groups (broad SMARTS) is 1. The fraction of sp³-hybridized carbons (Fsp3) is 0.250. The molecule has 0 saturated heterocycles. The molecule has 0 atom stereocenters. The van der Waals surface area contributed by atoms with Crippen LogP contribution in [0.2, 0.25) is 0 Å². The molecule has 90 valence electrons. The number of carbonyl (C=O) groups is 1. The molecule has 2 rings (SSSR count). The van der Waals surface area contributed by atoms with Gasteiger partial charge in [-0.3, -0.25) is 0 Å². The maximum atomic E-state index is 11.0. The molecule has 17 heavy (non-hydrogen) atoms. The fourth-order valence-electron chi connectivity index (χ4n) is 1.95. The molecule has 5 heteroatoms. The average Bonchev–Trinajstić information content (AvgIpc) is 2.67. The zero-order valence-electron chi connectivity index (χ0n) is 9.81. The maximum Gasteiger partial charge on any atom is 0.143 e. The van der Waals surface area contributed by atoms with Crippen LogP contribution in [0.1, 0.15) is 10.5 Å². The van der Waals surface area contributed by atoms with Crippen molar-refractivity contribution in [2.24, 2.45) is 7.05 Å². The van der Waals surface area contributed by atoms with Crippen molar-refractivity contribution in [3.8, 4) is 11.5 Å². The Kier molecular flexibility index (Phi) is 2.67. The van der Waals surface area contributed by atoms with Gasteiger partial charge in [-0.25, -0.2) is 0 Å². The average molecular weight is 234 g/mol. The highest BCUT2D eigenvalue weighted by molar-refractivity contribution is 5.98. The van der Waals surface area contributed by atoms with E-state index >= 15 is 0 Å². The number of methoxy groups -OCH3 is 2. The summed E-state index contributed by atoms with van der Waals surface area (Å²) in [6.07, 6.45) is 0. The Balaban J connectivity index is 2.87. The Hall–Kier alpha value is -2.17. The Morgan fingerprint density at radius 3 is 2.35 bits per heavy atom. The first-order valence-electron chi connectivity index (χ1n) is 5.02. The molecule has 1 aromatic carbocycles. The van der Waals surface area contributed by atoms with Crippen LogP contribution in [0.4, 0.5) is 0 Å². The number of fused-ring (bicyclic) bond motifs is 1. The summed E-state index contributed by atoms with van der Waals surface area (Å²) >= 11 is 0. The number of aromatic carboxylic acids is 1. The summed E-state index contributed by atoms with van der Waals surface area (Å²) in [4.78, 5) is 11.0. The predicted molar refractivity (Wildman–Crippen MR) is 60.4 cm³/mol. The molecule has 0 N–H and O–H groups in total. The summed E-state index contributed by atoms with van der Waals surface area (Å²) in [6.45, 7) is 0. The Labute approximate surface area is 98.2 Å². The lowest BCUT2D eigenvalue weighted by Gasteiger charge is -2.09. The summed E-state index contributed by atoms with van der Waals surface area (Å²) in [5.41, 5.74) is 0.758. The van der Waals surface area contributed by atoms with Crippen LogP contribution in [0.15, 0.2) is 18.2 Å². The van der Waals surface area contributed by atoms with Crippen molar-refractivity contribution >= 4 is 16.9 Å². The Bertz CT molecular complexity index is 586. The van der Waals surface area contributed by atoms with Crippen LogP contribution in [0.5, 0.6) is 11.5 Å². The molecule has 0 bridgehead atoms. The molecule has 0 aliphatic heterocycles. The first-order chi connectivity index (χ1) is 8.10. The molecule has 0 unspecified atom stereocenters. The van der Waals surface area contributed by atoms with Gasteiger partial charge < -0.3 is 23.9 Å². The van der Waals surface area contributed by atoms with Crippen molar-refractivity contribution < 1.29 is 19.4 Å². The number of hydrogen-bond acceptors (Lipinski definition) is 4. The lowest BCUT2D eigenvalue weighted by Crippen LogP contribution is -2.24. The van der Waals surface area contributed by atoms with Gasteiger partial charge >= 0.3 is 0 Å². The van der Waals surface area contributed by atoms with E-state index in [2.05, 4.69) is 0 Å². The second-order valence-corrected chi connectivity index (χ2v) is 3.61. The predicted octanol–water partition coefficient (Wildman–Crippen LogP) is 0.559. The number of aryl methyl sites for hydroxylation is 1. The summed E-state index contributed by atoms with van der Waals surface area (Å²) in [6, 6.07) is 4.99. The number of hydrogen-bond donors (Lipinski definition) is 0. The third-order valence-electron chi connectivity index (χ3n) is 2.77. The molecular weight excluding hydrogens is 222 g/mol. The minimum atomic E-state index is -1.23. The zero-order chi connectivity index (χ0) is 12.6. The number of rotatable bonds is 3. The molecule has 0 radical (unpaired) electrons. The van der Waals surface area contributed by atoms with Crippen LogP contribution < -0.4 is 14.6 Å². The van der Waals surface area contributed by atoms with Crippen LogP contribution in [0.25, 0.3) is 10.9 Å². The second-order valence-electron chi connectivity index (χ2n) is 3.61. The van der Waals surface area contributed by atoms with Crippen molar-refractivity contribution in [3.63, 3.8) is 0 Å². The van der Waals surface area contributed by atoms with Crippen molar-refractivity contribution in [2.45, 2.75) is 0 Å². The second kappa shape index (κ2) is 4.01. The van der Waals surface area contributed by atoms with Crippen molar-refractivity contribution in [3.05, 3.63) is 23.9 Å². The molecule has 0 aliphatic rings. The zero-order valence-corrected chi connectivity index (χ0v) is 9.81. The normalized spacial score (nSPS) is 10.5. The van der Waals surface area contributed by atoms with Gasteiger partial charge in [-0.1, -0.05) is 0 Å². The Morgan fingerprint density at radius 1 is 1.24 bits per heavy atom. The topological polar surface area (TPSA) is 63.5 Å². The molecule has 1 aromatic heterocycles. The van der Waals surface area contributed by atoms with Gasteiger partial charge in [0.1, 0.15) is 11.5 Å². The number of ether oxygens (including phenoxy) is 2. The largest absolute Gasteiger partial charge is 0.543 e. The van der Waals surface area contributed by atoms with Crippen molar-refractivity contribution in [1.29, 1.82) is 0 Å². The van der Waals surface area contributed by atoms with Gasteiger partial charge in [-0.15, -0.1) is 0 Å². The highest BCUT2D eigenvalue weighted by atomic mass is 16.5. The van der Waals surface area contributed by atoms with Gasteiger partial charge in [0.2, 0.25) is 0 Å². The fourth-order valence-corrected chi connectivity index (χ4v) is 1.95. The molecule has 0 spiro atoms. The summed E-state index contributed by atoms with van der Waals surface area (Å²) < 4.78 is 11.9. The molecule has 5 nitrogen and oxygen atoms in total. The number of carbonyl (C=O) groups excluding carboxylic acids is 1. The van der Waals surface area contributed by atoms with Crippen molar-refractivity contribution in [1.82, 2.24) is 4.57 Å². The van der Waals surface area contributed by atoms with Crippen LogP contribution in [-0.2, 0) is 7.05 Å². The van der Waals surface area contributed by atoms with E-state index in [1.807, 2.05) is 0 Å². The smallest absolute Gasteiger partial charge is 0.143 e. The van der Waals surface area contributed by atoms with Gasteiger partial charge in [0.25, 0.3) is 0 Å².